The predicted molar refractivity (Wildman–Crippen MR) is 57.6 cm³/mol. The Bertz CT molecular complexity index is 236. The Morgan fingerprint density at radius 1 is 1.12 bits per heavy atom. The van der Waals surface area contributed by atoms with Crippen LogP contribution >= 0.6 is 0 Å². The van der Waals surface area contributed by atoms with Gasteiger partial charge in [-0.25, -0.2) is 9.59 Å². The molecule has 6 N–H and O–H groups in total. The van der Waals surface area contributed by atoms with Crippen molar-refractivity contribution in [1.82, 2.24) is 10.6 Å². The second-order valence-electron chi connectivity index (χ2n) is 3.63. The molecule has 1 saturated heterocycles. The van der Waals surface area contributed by atoms with Crippen LogP contribution in [0.25, 0.3) is 0 Å². The molecule has 8 nitrogen and oxygen atoms in total. The summed E-state index contributed by atoms with van der Waals surface area (Å²) in [6, 6.07) is 0.675. The van der Waals surface area contributed by atoms with Crippen LogP contribution in [0.5, 0.6) is 0 Å². The highest BCUT2D eigenvalue weighted by atomic mass is 16.4. The van der Waals surface area contributed by atoms with E-state index in [2.05, 4.69) is 17.6 Å². The first-order chi connectivity index (χ1) is 7.86. The standard InChI is InChI=1S/C5H12N2.C4H6O6/c1-5-4-6-2-3-7-5;5-1(3(7)8)2(6)4(9)10/h5-7H,2-4H2,1H3;1-2,5-6H,(H,7,8)(H,9,10)/t5-;1-,2?/m11/s1. The van der Waals surface area contributed by atoms with Gasteiger partial charge in [-0.2, -0.15) is 0 Å². The maximum atomic E-state index is 9.77. The van der Waals surface area contributed by atoms with Crippen LogP contribution in [0.4, 0.5) is 0 Å². The SMILES string of the molecule is C[C@@H]1CNCCN1.O=C(O)C(O)[C@@H](O)C(=O)O. The summed E-state index contributed by atoms with van der Waals surface area (Å²) in [5.41, 5.74) is 0. The van der Waals surface area contributed by atoms with E-state index in [9.17, 15) is 9.59 Å². The van der Waals surface area contributed by atoms with Crippen LogP contribution in [-0.2, 0) is 9.59 Å². The number of aliphatic carboxylic acids is 2. The first kappa shape index (κ1) is 15.8. The van der Waals surface area contributed by atoms with Gasteiger partial charge in [-0.3, -0.25) is 0 Å². The van der Waals surface area contributed by atoms with Gasteiger partial charge >= 0.3 is 11.9 Å². The van der Waals surface area contributed by atoms with Crippen molar-refractivity contribution in [3.8, 4) is 0 Å². The largest absolute Gasteiger partial charge is 0.479 e. The molecule has 1 aliphatic heterocycles. The highest BCUT2D eigenvalue weighted by molar-refractivity contribution is 5.83. The summed E-state index contributed by atoms with van der Waals surface area (Å²) in [6.45, 7) is 5.57. The summed E-state index contributed by atoms with van der Waals surface area (Å²) in [4.78, 5) is 19.5. The van der Waals surface area contributed by atoms with Crippen molar-refractivity contribution < 1.29 is 30.0 Å². The van der Waals surface area contributed by atoms with Crippen LogP contribution in [0.1, 0.15) is 6.92 Å². The maximum Gasteiger partial charge on any atom is 0.335 e. The number of carboxylic acids is 2. The van der Waals surface area contributed by atoms with E-state index in [1.807, 2.05) is 0 Å². The fourth-order valence-corrected chi connectivity index (χ4v) is 1.07. The Kier molecular flexibility index (Phi) is 7.39. The predicted octanol–water partition coefficient (Wildman–Crippen LogP) is -2.55. The molecule has 1 aliphatic rings. The fraction of sp³-hybridized carbons (Fsp3) is 0.778. The number of hydrogen-bond donors (Lipinski definition) is 6. The van der Waals surface area contributed by atoms with Crippen LogP contribution in [0.15, 0.2) is 0 Å². The molecule has 1 heterocycles. The van der Waals surface area contributed by atoms with Gasteiger partial charge in [0.1, 0.15) is 0 Å². The maximum absolute atomic E-state index is 9.77. The Morgan fingerprint density at radius 2 is 1.59 bits per heavy atom. The van der Waals surface area contributed by atoms with E-state index in [-0.39, 0.29) is 0 Å². The molecule has 0 aromatic heterocycles. The molecular weight excluding hydrogens is 232 g/mol. The van der Waals surface area contributed by atoms with E-state index in [0.717, 1.165) is 19.6 Å². The van der Waals surface area contributed by atoms with Crippen LogP contribution in [0.2, 0.25) is 0 Å². The highest BCUT2D eigenvalue weighted by Crippen LogP contribution is 1.92. The zero-order valence-corrected chi connectivity index (χ0v) is 9.46. The molecule has 0 bridgehead atoms. The zero-order valence-electron chi connectivity index (χ0n) is 9.46. The molecule has 0 aromatic rings. The van der Waals surface area contributed by atoms with E-state index in [1.165, 1.54) is 0 Å². The van der Waals surface area contributed by atoms with Gasteiger partial charge in [-0.05, 0) is 6.92 Å². The lowest BCUT2D eigenvalue weighted by Crippen LogP contribution is -2.46. The third-order valence-electron chi connectivity index (χ3n) is 2.05. The molecule has 17 heavy (non-hydrogen) atoms. The van der Waals surface area contributed by atoms with Crippen LogP contribution < -0.4 is 10.6 Å². The zero-order chi connectivity index (χ0) is 13.4. The molecular formula is C9H18N2O6. The van der Waals surface area contributed by atoms with E-state index in [1.54, 1.807) is 0 Å². The Labute approximate surface area is 98.3 Å². The number of aliphatic hydroxyl groups excluding tert-OH is 2. The topological polar surface area (TPSA) is 139 Å². The molecule has 0 saturated carbocycles. The summed E-state index contributed by atoms with van der Waals surface area (Å²) in [6.07, 6.45) is -4.53. The summed E-state index contributed by atoms with van der Waals surface area (Å²) >= 11 is 0. The second kappa shape index (κ2) is 7.96. The molecule has 0 aliphatic carbocycles. The molecule has 1 rings (SSSR count). The number of rotatable bonds is 3. The van der Waals surface area contributed by atoms with Gasteiger partial charge in [-0.15, -0.1) is 0 Å². The van der Waals surface area contributed by atoms with Gasteiger partial charge in [0.05, 0.1) is 0 Å². The Morgan fingerprint density at radius 3 is 1.76 bits per heavy atom. The number of nitrogens with one attached hydrogen (secondary N) is 2. The molecule has 100 valence electrons. The number of carbonyl (C=O) groups is 2. The Balaban J connectivity index is 0.000000318. The lowest BCUT2D eigenvalue weighted by atomic mass is 10.2. The number of aliphatic hydroxyl groups is 2. The van der Waals surface area contributed by atoms with Gasteiger partial charge in [0.15, 0.2) is 12.2 Å². The highest BCUT2D eigenvalue weighted by Gasteiger charge is 2.29. The van der Waals surface area contributed by atoms with E-state index in [0.29, 0.717) is 6.04 Å². The summed E-state index contributed by atoms with van der Waals surface area (Å²) in [5.74, 6) is -3.54. The minimum Gasteiger partial charge on any atom is -0.479 e. The van der Waals surface area contributed by atoms with Crippen LogP contribution in [-0.4, -0.2) is 70.2 Å². The fourth-order valence-electron chi connectivity index (χ4n) is 1.07. The normalized spacial score (nSPS) is 22.9. The first-order valence-corrected chi connectivity index (χ1v) is 5.12. The minimum atomic E-state index is -2.27. The van der Waals surface area contributed by atoms with Crippen LogP contribution in [0, 0.1) is 0 Å². The van der Waals surface area contributed by atoms with Crippen molar-refractivity contribution in [2.75, 3.05) is 19.6 Å². The lowest BCUT2D eigenvalue weighted by molar-refractivity contribution is -0.165. The molecule has 0 spiro atoms. The summed E-state index contributed by atoms with van der Waals surface area (Å²) < 4.78 is 0. The van der Waals surface area contributed by atoms with Crippen molar-refractivity contribution in [1.29, 1.82) is 0 Å². The average molecular weight is 250 g/mol. The smallest absolute Gasteiger partial charge is 0.335 e. The van der Waals surface area contributed by atoms with E-state index >= 15 is 0 Å². The van der Waals surface area contributed by atoms with Gasteiger partial charge < -0.3 is 31.1 Å². The van der Waals surface area contributed by atoms with E-state index in [4.69, 9.17) is 20.4 Å². The molecule has 1 unspecified atom stereocenters. The van der Waals surface area contributed by atoms with Gasteiger partial charge in [0.25, 0.3) is 0 Å². The number of hydrogen-bond acceptors (Lipinski definition) is 6. The average Bonchev–Trinajstić information content (AvgIpc) is 2.28. The van der Waals surface area contributed by atoms with E-state index < -0.39 is 24.1 Å². The molecule has 0 radical (unpaired) electrons. The monoisotopic (exact) mass is 250 g/mol. The summed E-state index contributed by atoms with van der Waals surface area (Å²) in [5, 5.41) is 39.1. The quantitative estimate of drug-likeness (QED) is 0.321. The first-order valence-electron chi connectivity index (χ1n) is 5.12. The second-order valence-corrected chi connectivity index (χ2v) is 3.63. The van der Waals surface area contributed by atoms with Crippen molar-refractivity contribution in [2.45, 2.75) is 25.2 Å². The van der Waals surface area contributed by atoms with Gasteiger partial charge in [0.2, 0.25) is 0 Å². The molecule has 0 aromatic carbocycles. The van der Waals surface area contributed by atoms with Crippen molar-refractivity contribution in [3.63, 3.8) is 0 Å². The van der Waals surface area contributed by atoms with Crippen molar-refractivity contribution >= 4 is 11.9 Å². The lowest BCUT2D eigenvalue weighted by Gasteiger charge is -2.19. The molecule has 1 fully saturated rings. The van der Waals surface area contributed by atoms with Gasteiger partial charge in [-0.1, -0.05) is 0 Å². The third kappa shape index (κ3) is 6.84. The molecule has 8 heteroatoms. The van der Waals surface area contributed by atoms with Crippen LogP contribution in [0.3, 0.4) is 0 Å². The summed E-state index contributed by atoms with van der Waals surface area (Å²) in [7, 11) is 0. The molecule has 3 atom stereocenters. The van der Waals surface area contributed by atoms with Crippen molar-refractivity contribution in [2.24, 2.45) is 0 Å². The molecule has 0 amide bonds. The van der Waals surface area contributed by atoms with Gasteiger partial charge in [0, 0.05) is 25.7 Å². The van der Waals surface area contributed by atoms with Crippen molar-refractivity contribution in [3.05, 3.63) is 0 Å². The number of piperazine rings is 1. The number of carboxylic acid groups (broad SMARTS) is 2. The Hall–Kier alpha value is -1.22. The minimum absolute atomic E-state index is 0.675. The third-order valence-corrected chi connectivity index (χ3v) is 2.05.